The molecule has 0 saturated heterocycles. The molecule has 0 aliphatic rings. The van der Waals surface area contributed by atoms with Crippen molar-refractivity contribution in [1.82, 2.24) is 0 Å². The number of halogens is 3. The normalized spacial score (nSPS) is 11.0. The Morgan fingerprint density at radius 1 is 1.24 bits per heavy atom. The summed E-state index contributed by atoms with van der Waals surface area (Å²) in [4.78, 5) is -0.510. The van der Waals surface area contributed by atoms with Crippen molar-refractivity contribution >= 4 is 43.2 Å². The largest absolute Gasteiger partial charge is 0.278 e. The summed E-state index contributed by atoms with van der Waals surface area (Å²) in [6.45, 7) is 0. The molecule has 0 saturated carbocycles. The zero-order chi connectivity index (χ0) is 15.6. The first kappa shape index (κ1) is 15.8. The second-order valence-electron chi connectivity index (χ2n) is 3.99. The Kier molecular flexibility index (Phi) is 4.52. The summed E-state index contributed by atoms with van der Waals surface area (Å²) in [5.41, 5.74) is 0.242. The molecule has 0 fully saturated rings. The van der Waals surface area contributed by atoms with Crippen LogP contribution in [0, 0.1) is 17.1 Å². The quantitative estimate of drug-likeness (QED) is 0.865. The summed E-state index contributed by atoms with van der Waals surface area (Å²) in [6, 6.07) is 9.55. The smallest absolute Gasteiger partial charge is 0.264 e. The lowest BCUT2D eigenvalue weighted by molar-refractivity contribution is 0.570. The molecule has 0 aromatic heterocycles. The van der Waals surface area contributed by atoms with E-state index in [2.05, 4.69) is 20.7 Å². The highest BCUT2D eigenvalue weighted by Crippen LogP contribution is 2.27. The molecule has 21 heavy (non-hydrogen) atoms. The van der Waals surface area contributed by atoms with Crippen molar-refractivity contribution in [1.29, 1.82) is 5.26 Å². The summed E-state index contributed by atoms with van der Waals surface area (Å²) in [6.07, 6.45) is 0. The van der Waals surface area contributed by atoms with Crippen molar-refractivity contribution in [3.05, 3.63) is 57.3 Å². The molecule has 0 atom stereocenters. The summed E-state index contributed by atoms with van der Waals surface area (Å²) < 4.78 is 40.7. The first-order chi connectivity index (χ1) is 9.83. The maximum Gasteiger partial charge on any atom is 0.264 e. The monoisotopic (exact) mass is 388 g/mol. The third-order valence-corrected chi connectivity index (χ3v) is 4.74. The molecule has 4 nitrogen and oxygen atoms in total. The molecule has 0 aliphatic heterocycles. The molecule has 1 N–H and O–H groups in total. The molecule has 2 aromatic rings. The first-order valence-corrected chi connectivity index (χ1v) is 8.16. The van der Waals surface area contributed by atoms with Crippen LogP contribution in [0.15, 0.2) is 45.8 Å². The first-order valence-electron chi connectivity index (χ1n) is 5.51. The van der Waals surface area contributed by atoms with Gasteiger partial charge in [-0.05, 0) is 36.4 Å². The molecule has 2 aromatic carbocycles. The van der Waals surface area contributed by atoms with E-state index in [-0.39, 0.29) is 16.3 Å². The van der Waals surface area contributed by atoms with Crippen LogP contribution < -0.4 is 4.72 Å². The van der Waals surface area contributed by atoms with Gasteiger partial charge in [-0.3, -0.25) is 4.72 Å². The second kappa shape index (κ2) is 6.02. The number of nitrogens with zero attached hydrogens (tertiary/aromatic N) is 1. The highest BCUT2D eigenvalue weighted by atomic mass is 79.9. The van der Waals surface area contributed by atoms with Gasteiger partial charge in [-0.25, -0.2) is 12.8 Å². The molecule has 0 bridgehead atoms. The van der Waals surface area contributed by atoms with E-state index in [1.807, 2.05) is 6.07 Å². The topological polar surface area (TPSA) is 70.0 Å². The molecular weight excluding hydrogens is 383 g/mol. The summed E-state index contributed by atoms with van der Waals surface area (Å²) in [5, 5.41) is 8.91. The summed E-state index contributed by atoms with van der Waals surface area (Å²) >= 11 is 8.92. The number of benzene rings is 2. The van der Waals surface area contributed by atoms with Crippen molar-refractivity contribution in [2.75, 3.05) is 4.72 Å². The van der Waals surface area contributed by atoms with Crippen LogP contribution in [0.3, 0.4) is 0 Å². The molecule has 2 rings (SSSR count). The molecule has 0 heterocycles. The molecular formula is C13H7BrClFN2O2S. The minimum Gasteiger partial charge on any atom is -0.278 e. The highest BCUT2D eigenvalue weighted by molar-refractivity contribution is 9.10. The molecule has 8 heteroatoms. The van der Waals surface area contributed by atoms with E-state index in [0.29, 0.717) is 4.47 Å². The van der Waals surface area contributed by atoms with Crippen LogP contribution in [0.1, 0.15) is 5.56 Å². The standard InChI is InChI=1S/C13H7BrClFN2O2S/c14-9-2-4-13(11(16)6-9)21(19,20)18-12-5-8(7-17)1-3-10(12)15/h1-6,18H. The van der Waals surface area contributed by atoms with Gasteiger partial charge in [-0.1, -0.05) is 27.5 Å². The molecule has 108 valence electrons. The Bertz CT molecular complexity index is 850. The third-order valence-electron chi connectivity index (χ3n) is 2.52. The van der Waals surface area contributed by atoms with E-state index in [1.54, 1.807) is 0 Å². The van der Waals surface area contributed by atoms with Crippen molar-refractivity contribution in [2.45, 2.75) is 4.90 Å². The lowest BCUT2D eigenvalue weighted by Gasteiger charge is -2.10. The average molecular weight is 390 g/mol. The Labute approximate surface area is 134 Å². The van der Waals surface area contributed by atoms with Crippen molar-refractivity contribution in [3.63, 3.8) is 0 Å². The van der Waals surface area contributed by atoms with Gasteiger partial charge >= 0.3 is 0 Å². The van der Waals surface area contributed by atoms with E-state index in [0.717, 1.165) is 12.1 Å². The van der Waals surface area contributed by atoms with Crippen LogP contribution >= 0.6 is 27.5 Å². The van der Waals surface area contributed by atoms with Crippen LogP contribution in [0.4, 0.5) is 10.1 Å². The zero-order valence-electron chi connectivity index (χ0n) is 10.3. The fourth-order valence-corrected chi connectivity index (χ4v) is 3.25. The number of nitriles is 1. The Hall–Kier alpha value is -1.62. The van der Waals surface area contributed by atoms with E-state index < -0.39 is 20.7 Å². The number of anilines is 1. The maximum absolute atomic E-state index is 13.8. The zero-order valence-corrected chi connectivity index (χ0v) is 13.4. The van der Waals surface area contributed by atoms with E-state index >= 15 is 0 Å². The predicted octanol–water partition coefficient (Wildman–Crippen LogP) is 3.91. The Morgan fingerprint density at radius 3 is 2.57 bits per heavy atom. The van der Waals surface area contributed by atoms with Crippen molar-refractivity contribution < 1.29 is 12.8 Å². The third kappa shape index (κ3) is 3.53. The van der Waals surface area contributed by atoms with Gasteiger partial charge in [0.05, 0.1) is 22.3 Å². The second-order valence-corrected chi connectivity index (χ2v) is 6.96. The van der Waals surface area contributed by atoms with Crippen LogP contribution in [0.2, 0.25) is 5.02 Å². The van der Waals surface area contributed by atoms with E-state index in [1.165, 1.54) is 24.3 Å². The van der Waals surface area contributed by atoms with Gasteiger partial charge in [0.15, 0.2) is 0 Å². The van der Waals surface area contributed by atoms with Crippen LogP contribution in [-0.4, -0.2) is 8.42 Å². The fourth-order valence-electron chi connectivity index (χ4n) is 1.57. The lowest BCUT2D eigenvalue weighted by atomic mass is 10.2. The number of hydrogen-bond acceptors (Lipinski definition) is 3. The maximum atomic E-state index is 13.8. The minimum atomic E-state index is -4.15. The predicted molar refractivity (Wildman–Crippen MR) is 81.1 cm³/mol. The van der Waals surface area contributed by atoms with Crippen LogP contribution in [0.5, 0.6) is 0 Å². The molecule has 0 spiro atoms. The van der Waals surface area contributed by atoms with Crippen LogP contribution in [-0.2, 0) is 10.0 Å². The number of nitrogens with one attached hydrogen (secondary N) is 1. The van der Waals surface area contributed by atoms with Gasteiger partial charge in [0.2, 0.25) is 0 Å². The Balaban J connectivity index is 2.45. The van der Waals surface area contributed by atoms with Gasteiger partial charge in [0.1, 0.15) is 10.7 Å². The molecule has 0 aliphatic carbocycles. The molecule has 0 radical (unpaired) electrons. The van der Waals surface area contributed by atoms with Gasteiger partial charge in [-0.15, -0.1) is 0 Å². The van der Waals surface area contributed by atoms with E-state index in [9.17, 15) is 12.8 Å². The van der Waals surface area contributed by atoms with Crippen molar-refractivity contribution in [2.24, 2.45) is 0 Å². The minimum absolute atomic E-state index is 0.0121. The van der Waals surface area contributed by atoms with E-state index in [4.69, 9.17) is 16.9 Å². The molecule has 0 unspecified atom stereocenters. The van der Waals surface area contributed by atoms with Crippen LogP contribution in [0.25, 0.3) is 0 Å². The molecule has 0 amide bonds. The van der Waals surface area contributed by atoms with Gasteiger partial charge < -0.3 is 0 Å². The average Bonchev–Trinajstić information content (AvgIpc) is 2.40. The highest BCUT2D eigenvalue weighted by Gasteiger charge is 2.20. The SMILES string of the molecule is N#Cc1ccc(Cl)c(NS(=O)(=O)c2ccc(Br)cc2F)c1. The summed E-state index contributed by atoms with van der Waals surface area (Å²) in [5.74, 6) is -0.899. The number of sulfonamides is 1. The summed E-state index contributed by atoms with van der Waals surface area (Å²) in [7, 11) is -4.15. The Morgan fingerprint density at radius 2 is 1.95 bits per heavy atom. The van der Waals surface area contributed by atoms with Gasteiger partial charge in [-0.2, -0.15) is 5.26 Å². The van der Waals surface area contributed by atoms with Gasteiger partial charge in [0, 0.05) is 4.47 Å². The fraction of sp³-hybridized carbons (Fsp3) is 0. The number of hydrogen-bond donors (Lipinski definition) is 1. The van der Waals surface area contributed by atoms with Crippen molar-refractivity contribution in [3.8, 4) is 6.07 Å². The lowest BCUT2D eigenvalue weighted by Crippen LogP contribution is -2.15. The van der Waals surface area contributed by atoms with Gasteiger partial charge in [0.25, 0.3) is 10.0 Å². The number of rotatable bonds is 3.